The molecular weight excluding hydrogens is 308 g/mol. The van der Waals surface area contributed by atoms with E-state index in [1.54, 1.807) is 23.1 Å². The first kappa shape index (κ1) is 16.7. The number of thiazole rings is 1. The van der Waals surface area contributed by atoms with E-state index >= 15 is 0 Å². The van der Waals surface area contributed by atoms with E-state index in [9.17, 15) is 9.90 Å². The first-order chi connectivity index (χ1) is 10.2. The van der Waals surface area contributed by atoms with Crippen molar-refractivity contribution in [3.63, 3.8) is 0 Å². The second kappa shape index (κ2) is 8.12. The minimum atomic E-state index is -0.223. The molecule has 1 fully saturated rings. The van der Waals surface area contributed by atoms with Crippen LogP contribution in [0.3, 0.4) is 0 Å². The van der Waals surface area contributed by atoms with Crippen LogP contribution in [0.25, 0.3) is 0 Å². The van der Waals surface area contributed by atoms with E-state index in [1.165, 1.54) is 0 Å². The van der Waals surface area contributed by atoms with E-state index in [1.807, 2.05) is 5.38 Å². The molecule has 2 heterocycles. The van der Waals surface area contributed by atoms with Gasteiger partial charge < -0.3 is 15.2 Å². The van der Waals surface area contributed by atoms with Crippen LogP contribution in [-0.2, 0) is 16.0 Å². The van der Waals surface area contributed by atoms with Crippen molar-refractivity contribution in [2.45, 2.75) is 30.5 Å². The molecule has 1 aliphatic rings. The average molecular weight is 330 g/mol. The molecule has 2 rings (SSSR count). The van der Waals surface area contributed by atoms with Crippen LogP contribution >= 0.6 is 23.1 Å². The maximum Gasteiger partial charge on any atom is 0.226 e. The first-order valence-electron chi connectivity index (χ1n) is 7.20. The Morgan fingerprint density at radius 1 is 1.57 bits per heavy atom. The van der Waals surface area contributed by atoms with Gasteiger partial charge in [0.15, 0.2) is 0 Å². The third-order valence-electron chi connectivity index (χ3n) is 3.69. The summed E-state index contributed by atoms with van der Waals surface area (Å²) in [5.41, 5.74) is 0.595. The summed E-state index contributed by atoms with van der Waals surface area (Å²) in [6.45, 7) is 3.98. The first-order valence-corrected chi connectivity index (χ1v) is 9.06. The van der Waals surface area contributed by atoms with Crippen molar-refractivity contribution >= 4 is 29.0 Å². The molecule has 0 atom stereocenters. The van der Waals surface area contributed by atoms with Crippen molar-refractivity contribution in [3.05, 3.63) is 11.1 Å². The molecule has 0 radical (unpaired) electrons. The Labute approximate surface area is 133 Å². The number of aliphatic hydroxyl groups excluding tert-OH is 1. The quantitative estimate of drug-likeness (QED) is 0.745. The molecule has 0 aliphatic carbocycles. The normalized spacial score (nSPS) is 17.6. The monoisotopic (exact) mass is 330 g/mol. The number of carbonyl (C=O) groups is 1. The summed E-state index contributed by atoms with van der Waals surface area (Å²) < 4.78 is 6.33. The average Bonchev–Trinajstić information content (AvgIpc) is 2.94. The molecule has 2 N–H and O–H groups in total. The molecule has 1 saturated heterocycles. The van der Waals surface area contributed by atoms with Crippen molar-refractivity contribution < 1.29 is 14.6 Å². The summed E-state index contributed by atoms with van der Waals surface area (Å²) in [7, 11) is 0. The molecule has 0 spiro atoms. The van der Waals surface area contributed by atoms with Gasteiger partial charge in [0, 0.05) is 30.6 Å². The highest BCUT2D eigenvalue weighted by molar-refractivity contribution is 8.00. The molecule has 1 amide bonds. The lowest BCUT2D eigenvalue weighted by molar-refractivity contribution is -0.121. The minimum absolute atomic E-state index is 0.0346. The molecule has 1 aromatic rings. The fourth-order valence-corrected chi connectivity index (χ4v) is 4.01. The molecule has 0 unspecified atom stereocenters. The zero-order valence-electron chi connectivity index (χ0n) is 12.3. The Morgan fingerprint density at radius 2 is 2.33 bits per heavy atom. The largest absolute Gasteiger partial charge is 0.396 e. The second-order valence-corrected chi connectivity index (χ2v) is 7.63. The third kappa shape index (κ3) is 4.95. The Hall–Kier alpha value is -0.630. The van der Waals surface area contributed by atoms with Crippen molar-refractivity contribution in [1.82, 2.24) is 10.3 Å². The topological polar surface area (TPSA) is 71.5 Å². The molecule has 0 aromatic carbocycles. The van der Waals surface area contributed by atoms with Gasteiger partial charge in [0.1, 0.15) is 4.34 Å². The molecule has 1 aliphatic heterocycles. The number of hydrogen-bond acceptors (Lipinski definition) is 6. The predicted molar refractivity (Wildman–Crippen MR) is 84.8 cm³/mol. The SMILES string of the molecule is CCSc1nc(CC(=O)NCC2(CO)CCOCC2)cs1. The Balaban J connectivity index is 1.80. The minimum Gasteiger partial charge on any atom is -0.396 e. The van der Waals surface area contributed by atoms with Gasteiger partial charge in [-0.2, -0.15) is 0 Å². The summed E-state index contributed by atoms with van der Waals surface area (Å²) in [6, 6.07) is 0. The molecule has 0 saturated carbocycles. The van der Waals surface area contributed by atoms with Gasteiger partial charge in [-0.05, 0) is 18.6 Å². The van der Waals surface area contributed by atoms with Crippen LogP contribution in [0.15, 0.2) is 9.72 Å². The zero-order valence-corrected chi connectivity index (χ0v) is 13.9. The van der Waals surface area contributed by atoms with Crippen LogP contribution in [-0.4, -0.2) is 48.1 Å². The maximum absolute atomic E-state index is 12.0. The van der Waals surface area contributed by atoms with E-state index < -0.39 is 0 Å². The molecule has 5 nitrogen and oxygen atoms in total. The van der Waals surface area contributed by atoms with Gasteiger partial charge in [-0.1, -0.05) is 18.7 Å². The summed E-state index contributed by atoms with van der Waals surface area (Å²) in [5, 5.41) is 14.5. The van der Waals surface area contributed by atoms with Crippen LogP contribution < -0.4 is 5.32 Å². The number of nitrogens with one attached hydrogen (secondary N) is 1. The van der Waals surface area contributed by atoms with E-state index in [2.05, 4.69) is 17.2 Å². The number of nitrogens with zero attached hydrogens (tertiary/aromatic N) is 1. The van der Waals surface area contributed by atoms with Crippen LogP contribution in [0.4, 0.5) is 0 Å². The predicted octanol–water partition coefficient (Wildman–Crippen LogP) is 1.70. The number of thioether (sulfide) groups is 1. The second-order valence-electron chi connectivity index (χ2n) is 5.26. The lowest BCUT2D eigenvalue weighted by Gasteiger charge is -2.35. The Bertz CT molecular complexity index is 459. The number of rotatable bonds is 7. The highest BCUT2D eigenvalue weighted by Gasteiger charge is 2.32. The summed E-state index contributed by atoms with van der Waals surface area (Å²) in [4.78, 5) is 16.4. The maximum atomic E-state index is 12.0. The van der Waals surface area contributed by atoms with Crippen LogP contribution in [0.5, 0.6) is 0 Å². The smallest absolute Gasteiger partial charge is 0.226 e. The zero-order chi connectivity index (χ0) is 15.1. The highest BCUT2D eigenvalue weighted by Crippen LogP contribution is 2.29. The summed E-state index contributed by atoms with van der Waals surface area (Å²) >= 11 is 3.27. The number of carbonyl (C=O) groups excluding carboxylic acids is 1. The van der Waals surface area contributed by atoms with E-state index in [-0.39, 0.29) is 17.9 Å². The van der Waals surface area contributed by atoms with Crippen LogP contribution in [0.1, 0.15) is 25.5 Å². The van der Waals surface area contributed by atoms with Gasteiger partial charge in [-0.3, -0.25) is 4.79 Å². The van der Waals surface area contributed by atoms with Gasteiger partial charge in [0.2, 0.25) is 5.91 Å². The number of hydrogen-bond donors (Lipinski definition) is 2. The molecule has 0 bridgehead atoms. The lowest BCUT2D eigenvalue weighted by atomic mass is 9.81. The van der Waals surface area contributed by atoms with Crippen LogP contribution in [0.2, 0.25) is 0 Å². The van der Waals surface area contributed by atoms with Crippen molar-refractivity contribution in [1.29, 1.82) is 0 Å². The summed E-state index contributed by atoms with van der Waals surface area (Å²) in [6.07, 6.45) is 1.88. The van der Waals surface area contributed by atoms with Crippen LogP contribution in [0, 0.1) is 5.41 Å². The number of aliphatic hydroxyl groups is 1. The number of ether oxygens (including phenoxy) is 1. The van der Waals surface area contributed by atoms with Gasteiger partial charge in [-0.25, -0.2) is 4.98 Å². The standard InChI is InChI=1S/C14H22N2O3S2/c1-2-20-13-16-11(8-21-13)7-12(18)15-9-14(10-17)3-5-19-6-4-14/h8,17H,2-7,9-10H2,1H3,(H,15,18). The van der Waals surface area contributed by atoms with Gasteiger partial charge >= 0.3 is 0 Å². The molecule has 21 heavy (non-hydrogen) atoms. The molecule has 7 heteroatoms. The van der Waals surface area contributed by atoms with Crippen molar-refractivity contribution in [3.8, 4) is 0 Å². The van der Waals surface area contributed by atoms with E-state index in [0.29, 0.717) is 26.2 Å². The summed E-state index contributed by atoms with van der Waals surface area (Å²) in [5.74, 6) is 0.952. The van der Waals surface area contributed by atoms with E-state index in [4.69, 9.17) is 4.74 Å². The van der Waals surface area contributed by atoms with Gasteiger partial charge in [-0.15, -0.1) is 11.3 Å². The molecular formula is C14H22N2O3S2. The Morgan fingerprint density at radius 3 is 3.00 bits per heavy atom. The van der Waals surface area contributed by atoms with E-state index in [0.717, 1.165) is 28.6 Å². The number of aromatic nitrogens is 1. The molecule has 1 aromatic heterocycles. The fraction of sp³-hybridized carbons (Fsp3) is 0.714. The number of amides is 1. The Kier molecular flexibility index (Phi) is 6.47. The van der Waals surface area contributed by atoms with Crippen molar-refractivity contribution in [2.75, 3.05) is 32.1 Å². The van der Waals surface area contributed by atoms with Crippen molar-refractivity contribution in [2.24, 2.45) is 5.41 Å². The fourth-order valence-electron chi connectivity index (χ4n) is 2.27. The highest BCUT2D eigenvalue weighted by atomic mass is 32.2. The molecule has 118 valence electrons. The lowest BCUT2D eigenvalue weighted by Crippen LogP contribution is -2.44. The van der Waals surface area contributed by atoms with Gasteiger partial charge in [0.05, 0.1) is 18.7 Å². The van der Waals surface area contributed by atoms with Gasteiger partial charge in [0.25, 0.3) is 0 Å². The third-order valence-corrected chi connectivity index (χ3v) is 5.64.